The van der Waals surface area contributed by atoms with Crippen molar-refractivity contribution in [3.63, 3.8) is 0 Å². The maximum atomic E-state index is 12.8. The molecule has 0 bridgehead atoms. The molecule has 2 aromatic rings. The van der Waals surface area contributed by atoms with E-state index in [0.29, 0.717) is 24.6 Å². The van der Waals surface area contributed by atoms with E-state index in [1.165, 1.54) is 5.56 Å². The summed E-state index contributed by atoms with van der Waals surface area (Å²) in [6.07, 6.45) is 3.07. The number of carbonyl (C=O) groups excluding carboxylic acids is 2. The molecule has 1 radical (unpaired) electrons. The molecule has 2 saturated heterocycles. The molecule has 2 N–H and O–H groups in total. The lowest BCUT2D eigenvalue weighted by Gasteiger charge is -2.27. The quantitative estimate of drug-likeness (QED) is 0.840. The second kappa shape index (κ2) is 8.15. The van der Waals surface area contributed by atoms with Crippen LogP contribution in [0.2, 0.25) is 0 Å². The van der Waals surface area contributed by atoms with Crippen molar-refractivity contribution in [2.24, 2.45) is 17.6 Å². The van der Waals surface area contributed by atoms with Crippen LogP contribution in [0.4, 0.5) is 0 Å². The first-order valence-corrected chi connectivity index (χ1v) is 9.89. The minimum atomic E-state index is -0.289. The molecule has 0 spiro atoms. The number of hydrogen-bond donors (Lipinski definition) is 1. The summed E-state index contributed by atoms with van der Waals surface area (Å²) in [5.41, 5.74) is 7.66. The molecule has 5 heteroatoms. The Bertz CT molecular complexity index is 824. The van der Waals surface area contributed by atoms with Crippen molar-refractivity contribution in [1.82, 2.24) is 9.80 Å². The van der Waals surface area contributed by atoms with E-state index >= 15 is 0 Å². The number of hydrogen-bond acceptors (Lipinski definition) is 3. The van der Waals surface area contributed by atoms with Gasteiger partial charge in [0.2, 0.25) is 5.91 Å². The number of amides is 2. The van der Waals surface area contributed by atoms with Crippen LogP contribution in [0.15, 0.2) is 60.7 Å². The highest BCUT2D eigenvalue weighted by Crippen LogP contribution is 2.37. The van der Waals surface area contributed by atoms with Crippen molar-refractivity contribution in [2.75, 3.05) is 26.2 Å². The van der Waals surface area contributed by atoms with Crippen molar-refractivity contribution in [3.8, 4) is 0 Å². The average molecular weight is 376 g/mol. The molecule has 0 aromatic heterocycles. The first-order chi connectivity index (χ1) is 13.6. The minimum absolute atomic E-state index is 0.0437. The van der Waals surface area contributed by atoms with E-state index in [4.69, 9.17) is 5.73 Å². The first kappa shape index (κ1) is 18.7. The number of benzene rings is 2. The third-order valence-electron chi connectivity index (χ3n) is 5.95. The van der Waals surface area contributed by atoms with Gasteiger partial charge in [-0.25, -0.2) is 0 Å². The van der Waals surface area contributed by atoms with E-state index in [0.717, 1.165) is 19.5 Å². The molecular formula is C23H26N3O2. The summed E-state index contributed by atoms with van der Waals surface area (Å²) in [6, 6.07) is 19.3. The second-order valence-corrected chi connectivity index (χ2v) is 7.75. The zero-order valence-corrected chi connectivity index (χ0v) is 15.9. The Kier molecular flexibility index (Phi) is 5.44. The maximum absolute atomic E-state index is 12.8. The van der Waals surface area contributed by atoms with Gasteiger partial charge in [0.05, 0.1) is 6.04 Å². The van der Waals surface area contributed by atoms with Gasteiger partial charge in [-0.1, -0.05) is 48.5 Å². The number of fused-ring (bicyclic) bond motifs is 1. The van der Waals surface area contributed by atoms with Crippen LogP contribution >= 0.6 is 0 Å². The lowest BCUT2D eigenvalue weighted by atomic mass is 9.94. The zero-order valence-electron chi connectivity index (χ0n) is 15.9. The van der Waals surface area contributed by atoms with Gasteiger partial charge in [-0.2, -0.15) is 0 Å². The molecule has 2 amide bonds. The summed E-state index contributed by atoms with van der Waals surface area (Å²) in [5.74, 6) is 0.201. The van der Waals surface area contributed by atoms with Gasteiger partial charge in [0.25, 0.3) is 5.91 Å². The number of primary amides is 1. The van der Waals surface area contributed by atoms with E-state index in [1.54, 1.807) is 0 Å². The molecule has 4 rings (SSSR count). The predicted molar refractivity (Wildman–Crippen MR) is 108 cm³/mol. The van der Waals surface area contributed by atoms with E-state index in [9.17, 15) is 9.59 Å². The monoisotopic (exact) mass is 376 g/mol. The number of likely N-dealkylation sites (tertiary alicyclic amines) is 2. The highest BCUT2D eigenvalue weighted by atomic mass is 16.2. The lowest BCUT2D eigenvalue weighted by Crippen LogP contribution is -2.46. The van der Waals surface area contributed by atoms with Crippen molar-refractivity contribution >= 4 is 11.8 Å². The summed E-state index contributed by atoms with van der Waals surface area (Å²) in [4.78, 5) is 29.1. The fourth-order valence-corrected chi connectivity index (χ4v) is 4.67. The van der Waals surface area contributed by atoms with E-state index in [-0.39, 0.29) is 23.8 Å². The standard InChI is InChI=1S/C23H26N3O2/c24-22(27)21-20-16-26(23(28)18-11-5-2-6-12-18)15-19(20)14-25(21)13-7-10-17-8-3-1-4-9-17/h1-6,8-12,19-21H,7,13-16H2,(H2,24,27)/t19?,20-,21?/m1/s1. The molecule has 0 saturated carbocycles. The van der Waals surface area contributed by atoms with E-state index < -0.39 is 0 Å². The minimum Gasteiger partial charge on any atom is -0.368 e. The summed E-state index contributed by atoms with van der Waals surface area (Å²) in [7, 11) is 0. The molecule has 5 nitrogen and oxygen atoms in total. The molecular weight excluding hydrogens is 350 g/mol. The zero-order chi connectivity index (χ0) is 19.5. The third kappa shape index (κ3) is 3.80. The van der Waals surface area contributed by atoms with Crippen molar-refractivity contribution in [3.05, 3.63) is 78.2 Å². The number of nitrogens with two attached hydrogens (primary N) is 1. The molecule has 145 valence electrons. The first-order valence-electron chi connectivity index (χ1n) is 9.89. The van der Waals surface area contributed by atoms with Gasteiger partial charge in [-0.3, -0.25) is 14.5 Å². The van der Waals surface area contributed by atoms with Gasteiger partial charge in [0.15, 0.2) is 0 Å². The molecule has 2 aliphatic heterocycles. The van der Waals surface area contributed by atoms with Crippen LogP contribution in [0.25, 0.3) is 0 Å². The van der Waals surface area contributed by atoms with Gasteiger partial charge in [-0.15, -0.1) is 0 Å². The van der Waals surface area contributed by atoms with Crippen LogP contribution < -0.4 is 5.73 Å². The topological polar surface area (TPSA) is 66.6 Å². The van der Waals surface area contributed by atoms with Crippen LogP contribution in [-0.2, 0) is 4.79 Å². The molecule has 2 heterocycles. The second-order valence-electron chi connectivity index (χ2n) is 7.75. The van der Waals surface area contributed by atoms with Crippen molar-refractivity contribution in [1.29, 1.82) is 0 Å². The SMILES string of the molecule is NC(=O)C1[C@@H]2CN(C(=O)c3ccccc3)CC2CN1CC[CH]c1ccccc1. The van der Waals surface area contributed by atoms with Gasteiger partial charge in [-0.05, 0) is 43.0 Å². The normalized spacial score (nSPS) is 24.3. The largest absolute Gasteiger partial charge is 0.368 e. The highest BCUT2D eigenvalue weighted by Gasteiger charge is 2.50. The smallest absolute Gasteiger partial charge is 0.253 e. The summed E-state index contributed by atoms with van der Waals surface area (Å²) < 4.78 is 0. The Morgan fingerprint density at radius 2 is 1.64 bits per heavy atom. The van der Waals surface area contributed by atoms with Crippen LogP contribution in [0.1, 0.15) is 22.3 Å². The Morgan fingerprint density at radius 3 is 2.32 bits per heavy atom. The van der Waals surface area contributed by atoms with Crippen molar-refractivity contribution < 1.29 is 9.59 Å². The van der Waals surface area contributed by atoms with Gasteiger partial charge in [0.1, 0.15) is 0 Å². The number of nitrogens with zero attached hydrogens (tertiary/aromatic N) is 2. The Balaban J connectivity index is 1.37. The molecule has 2 aliphatic rings. The highest BCUT2D eigenvalue weighted by molar-refractivity contribution is 5.94. The van der Waals surface area contributed by atoms with Crippen LogP contribution in [-0.4, -0.2) is 53.8 Å². The van der Waals surface area contributed by atoms with Gasteiger partial charge < -0.3 is 10.6 Å². The summed E-state index contributed by atoms with van der Waals surface area (Å²) in [6.45, 7) is 2.92. The maximum Gasteiger partial charge on any atom is 0.253 e. The van der Waals surface area contributed by atoms with E-state index in [2.05, 4.69) is 23.5 Å². The predicted octanol–water partition coefficient (Wildman–Crippen LogP) is 2.19. The summed E-state index contributed by atoms with van der Waals surface area (Å²) >= 11 is 0. The van der Waals surface area contributed by atoms with Crippen molar-refractivity contribution in [2.45, 2.75) is 12.5 Å². The number of rotatable bonds is 6. The fourth-order valence-electron chi connectivity index (χ4n) is 4.67. The van der Waals surface area contributed by atoms with Crippen LogP contribution in [0.3, 0.4) is 0 Å². The number of carbonyl (C=O) groups is 2. The fraction of sp³-hybridized carbons (Fsp3) is 0.348. The molecule has 2 unspecified atom stereocenters. The Hall–Kier alpha value is -2.66. The average Bonchev–Trinajstić information content (AvgIpc) is 3.26. The van der Waals surface area contributed by atoms with Gasteiger partial charge >= 0.3 is 0 Å². The summed E-state index contributed by atoms with van der Waals surface area (Å²) in [5, 5.41) is 0. The van der Waals surface area contributed by atoms with Gasteiger partial charge in [0, 0.05) is 31.1 Å². The lowest BCUT2D eigenvalue weighted by molar-refractivity contribution is -0.123. The molecule has 3 atom stereocenters. The Morgan fingerprint density at radius 1 is 0.964 bits per heavy atom. The molecule has 0 aliphatic carbocycles. The molecule has 28 heavy (non-hydrogen) atoms. The van der Waals surface area contributed by atoms with Crippen LogP contribution in [0.5, 0.6) is 0 Å². The van der Waals surface area contributed by atoms with E-state index in [1.807, 2.05) is 53.4 Å². The van der Waals surface area contributed by atoms with Crippen LogP contribution in [0, 0.1) is 18.3 Å². The third-order valence-corrected chi connectivity index (χ3v) is 5.95. The molecule has 2 fully saturated rings. The Labute approximate surface area is 166 Å². The molecule has 2 aromatic carbocycles.